The monoisotopic (exact) mass is 468 g/mol. The molecule has 1 aromatic carbocycles. The number of halogens is 3. The van der Waals surface area contributed by atoms with Gasteiger partial charge in [0.15, 0.2) is 0 Å². The van der Waals surface area contributed by atoms with E-state index in [0.717, 1.165) is 10.5 Å². The van der Waals surface area contributed by atoms with Crippen LogP contribution in [0.5, 0.6) is 0 Å². The highest BCUT2D eigenvalue weighted by atomic mass is 19.4. The molecule has 3 atom stereocenters. The van der Waals surface area contributed by atoms with Gasteiger partial charge in [0, 0.05) is 13.1 Å². The molecule has 1 saturated carbocycles. The Labute approximate surface area is 191 Å². The van der Waals surface area contributed by atoms with Crippen molar-refractivity contribution in [3.05, 3.63) is 35.9 Å². The van der Waals surface area contributed by atoms with Crippen LogP contribution in [0.25, 0.3) is 0 Å². The molecule has 3 N–H and O–H groups in total. The van der Waals surface area contributed by atoms with Gasteiger partial charge in [0.05, 0.1) is 18.1 Å². The van der Waals surface area contributed by atoms with Gasteiger partial charge in [-0.1, -0.05) is 44.2 Å². The molecule has 7 nitrogen and oxygen atoms in total. The summed E-state index contributed by atoms with van der Waals surface area (Å²) in [6.07, 6.45) is -3.27. The van der Waals surface area contributed by atoms with Gasteiger partial charge in [-0.15, -0.1) is 0 Å². The molecule has 1 aliphatic carbocycles. The summed E-state index contributed by atoms with van der Waals surface area (Å²) in [6.45, 7) is 3.59. The molecule has 1 heterocycles. The van der Waals surface area contributed by atoms with Gasteiger partial charge in [-0.3, -0.25) is 14.4 Å². The third-order valence-corrected chi connectivity index (χ3v) is 6.60. The lowest BCUT2D eigenvalue weighted by Crippen LogP contribution is -2.56. The highest BCUT2D eigenvalue weighted by Gasteiger charge is 2.66. The van der Waals surface area contributed by atoms with E-state index in [1.807, 2.05) is 6.07 Å². The van der Waals surface area contributed by atoms with Crippen molar-refractivity contribution < 1.29 is 27.6 Å². The first-order valence-electron chi connectivity index (χ1n) is 11.2. The second-order valence-electron chi connectivity index (χ2n) is 9.14. The first kappa shape index (κ1) is 25.0. The molecule has 0 aromatic heterocycles. The summed E-state index contributed by atoms with van der Waals surface area (Å²) in [5.74, 6) is -2.92. The molecule has 33 heavy (non-hydrogen) atoms. The Kier molecular flexibility index (Phi) is 7.36. The Balaban J connectivity index is 1.81. The van der Waals surface area contributed by atoms with E-state index < -0.39 is 35.6 Å². The van der Waals surface area contributed by atoms with Crippen LogP contribution in [0.3, 0.4) is 0 Å². The first-order valence-corrected chi connectivity index (χ1v) is 11.2. The number of alkyl halides is 3. The Hall–Kier alpha value is -2.62. The maximum atomic E-state index is 13.4. The normalized spacial score (nSPS) is 23.0. The molecule has 182 valence electrons. The van der Waals surface area contributed by atoms with Crippen LogP contribution in [0.2, 0.25) is 0 Å². The molecule has 3 amide bonds. The van der Waals surface area contributed by atoms with E-state index in [0.29, 0.717) is 25.8 Å². The van der Waals surface area contributed by atoms with Gasteiger partial charge in [0.2, 0.25) is 11.8 Å². The number of nitrogens with two attached hydrogens (primary N) is 1. The molecule has 10 heteroatoms. The number of nitrogens with one attached hydrogen (secondary N) is 1. The number of amides is 3. The van der Waals surface area contributed by atoms with Crippen LogP contribution in [0.15, 0.2) is 30.3 Å². The van der Waals surface area contributed by atoms with Crippen molar-refractivity contribution in [3.8, 4) is 0 Å². The molecule has 0 radical (unpaired) electrons. The number of rotatable bonds is 8. The van der Waals surface area contributed by atoms with Crippen LogP contribution >= 0.6 is 0 Å². The van der Waals surface area contributed by atoms with Crippen LogP contribution in [-0.2, 0) is 20.8 Å². The molecule has 2 aliphatic rings. The van der Waals surface area contributed by atoms with Crippen molar-refractivity contribution in [3.63, 3.8) is 0 Å². The van der Waals surface area contributed by atoms with Crippen LogP contribution in [0.4, 0.5) is 13.2 Å². The third-order valence-electron chi connectivity index (χ3n) is 6.60. The van der Waals surface area contributed by atoms with Gasteiger partial charge in [0.1, 0.15) is 6.04 Å². The lowest BCUT2D eigenvalue weighted by molar-refractivity contribution is -0.186. The molecule has 1 aliphatic heterocycles. The number of carbonyl (C=O) groups is 3. The van der Waals surface area contributed by atoms with Crippen molar-refractivity contribution >= 4 is 17.7 Å². The predicted molar refractivity (Wildman–Crippen MR) is 116 cm³/mol. The highest BCUT2D eigenvalue weighted by molar-refractivity contribution is 5.90. The van der Waals surface area contributed by atoms with E-state index in [1.165, 1.54) is 0 Å². The van der Waals surface area contributed by atoms with Gasteiger partial charge in [0.25, 0.3) is 0 Å². The zero-order valence-corrected chi connectivity index (χ0v) is 18.9. The maximum absolute atomic E-state index is 13.4. The predicted octanol–water partition coefficient (Wildman–Crippen LogP) is 1.85. The molecule has 1 unspecified atom stereocenters. The van der Waals surface area contributed by atoms with Gasteiger partial charge >= 0.3 is 12.1 Å². The fourth-order valence-electron chi connectivity index (χ4n) is 4.84. The summed E-state index contributed by atoms with van der Waals surface area (Å²) in [6, 6.07) is 7.48. The molecular formula is C23H31F3N4O3. The molecule has 1 saturated heterocycles. The molecular weight excluding hydrogens is 437 g/mol. The summed E-state index contributed by atoms with van der Waals surface area (Å²) >= 11 is 0. The number of hydrogen-bond acceptors (Lipinski definition) is 4. The van der Waals surface area contributed by atoms with E-state index in [-0.39, 0.29) is 31.3 Å². The average molecular weight is 469 g/mol. The summed E-state index contributed by atoms with van der Waals surface area (Å²) in [5, 5.41) is 2.63. The lowest BCUT2D eigenvalue weighted by atomic mass is 10.0. The quantitative estimate of drug-likeness (QED) is 0.609. The average Bonchev–Trinajstić information content (AvgIpc) is 3.31. The van der Waals surface area contributed by atoms with Gasteiger partial charge in [-0.05, 0) is 37.2 Å². The van der Waals surface area contributed by atoms with E-state index in [1.54, 1.807) is 43.0 Å². The number of nitrogens with zero attached hydrogens (tertiary/aromatic N) is 2. The Bertz CT molecular complexity index is 877. The fraction of sp³-hybridized carbons (Fsp3) is 0.609. The zero-order chi connectivity index (χ0) is 24.4. The van der Waals surface area contributed by atoms with Crippen molar-refractivity contribution in [2.24, 2.45) is 11.7 Å². The minimum absolute atomic E-state index is 0.0890. The van der Waals surface area contributed by atoms with Crippen LogP contribution in [0, 0.1) is 5.92 Å². The minimum atomic E-state index is -5.00. The molecule has 1 spiro atoms. The van der Waals surface area contributed by atoms with Gasteiger partial charge < -0.3 is 20.9 Å². The minimum Gasteiger partial charge on any atom is -0.343 e. The van der Waals surface area contributed by atoms with Crippen molar-refractivity contribution in [2.45, 2.75) is 63.3 Å². The van der Waals surface area contributed by atoms with Crippen molar-refractivity contribution in [1.29, 1.82) is 0 Å². The Morgan fingerprint density at radius 1 is 1.24 bits per heavy atom. The summed E-state index contributed by atoms with van der Waals surface area (Å²) in [5.41, 5.74) is 5.37. The topological polar surface area (TPSA) is 95.7 Å². The second-order valence-corrected chi connectivity index (χ2v) is 9.14. The molecule has 1 aromatic rings. The maximum Gasteiger partial charge on any atom is 0.471 e. The molecule has 0 bridgehead atoms. The number of hydrogen-bond donors (Lipinski definition) is 2. The second kappa shape index (κ2) is 9.70. The summed E-state index contributed by atoms with van der Waals surface area (Å²) in [7, 11) is 0. The van der Waals surface area contributed by atoms with Gasteiger partial charge in [-0.25, -0.2) is 0 Å². The van der Waals surface area contributed by atoms with Crippen LogP contribution < -0.4 is 11.1 Å². The van der Waals surface area contributed by atoms with Crippen LogP contribution in [-0.4, -0.2) is 71.0 Å². The largest absolute Gasteiger partial charge is 0.471 e. The summed E-state index contributed by atoms with van der Waals surface area (Å²) in [4.78, 5) is 40.0. The summed E-state index contributed by atoms with van der Waals surface area (Å²) < 4.78 is 40.3. The van der Waals surface area contributed by atoms with Crippen LogP contribution in [0.1, 0.15) is 38.7 Å². The number of benzene rings is 1. The zero-order valence-electron chi connectivity index (χ0n) is 18.9. The van der Waals surface area contributed by atoms with E-state index >= 15 is 0 Å². The van der Waals surface area contributed by atoms with Gasteiger partial charge in [-0.2, -0.15) is 13.2 Å². The number of carbonyl (C=O) groups excluding carboxylic acids is 3. The van der Waals surface area contributed by atoms with E-state index in [9.17, 15) is 27.6 Å². The van der Waals surface area contributed by atoms with Crippen molar-refractivity contribution in [1.82, 2.24) is 15.1 Å². The third kappa shape index (κ3) is 5.31. The first-order chi connectivity index (χ1) is 15.5. The smallest absolute Gasteiger partial charge is 0.343 e. The van der Waals surface area contributed by atoms with E-state index in [4.69, 9.17) is 5.73 Å². The van der Waals surface area contributed by atoms with E-state index in [2.05, 4.69) is 5.32 Å². The highest BCUT2D eigenvalue weighted by Crippen LogP contribution is 2.53. The number of likely N-dealkylation sites (tertiary alicyclic amines) is 1. The fourth-order valence-corrected chi connectivity index (χ4v) is 4.84. The van der Waals surface area contributed by atoms with Crippen molar-refractivity contribution in [2.75, 3.05) is 19.6 Å². The molecule has 3 rings (SSSR count). The Morgan fingerprint density at radius 2 is 1.91 bits per heavy atom. The molecule has 2 fully saturated rings. The lowest BCUT2D eigenvalue weighted by Gasteiger charge is -2.34. The SMILES string of the molecule is CC(C)[C@H](NC(=O)CN)C(=O)N1CCC[C@@]12CC2N(CCc1ccccc1)C(=O)C(F)(F)F. The standard InChI is InChI=1S/C23H31F3N4O3/c1-15(2)19(28-18(31)14-27)20(32)30-11-6-10-22(30)13-17(22)29(21(33)23(24,25)26)12-9-16-7-4-3-5-8-16/h3-5,7-8,15,17,19H,6,9-14,27H2,1-2H3,(H,28,31)/t17?,19-,22-/m0/s1. The Morgan fingerprint density at radius 3 is 2.48 bits per heavy atom.